The van der Waals surface area contributed by atoms with E-state index >= 15 is 0 Å². The van der Waals surface area contributed by atoms with Crippen molar-refractivity contribution >= 4 is 23.9 Å². The van der Waals surface area contributed by atoms with Gasteiger partial charge >= 0.3 is 23.9 Å². The van der Waals surface area contributed by atoms with Crippen LogP contribution in [-0.4, -0.2) is 73.4 Å². The van der Waals surface area contributed by atoms with Crippen molar-refractivity contribution in [3.63, 3.8) is 0 Å². The number of terminal acetylenes is 1. The minimum Gasteiger partial charge on any atom is -0.480 e. The number of hydrogen-bond donors (Lipinski definition) is 1. The van der Waals surface area contributed by atoms with E-state index in [1.165, 1.54) is 18.2 Å². The van der Waals surface area contributed by atoms with Gasteiger partial charge < -0.3 is 38.3 Å². The Morgan fingerprint density at radius 1 is 1.00 bits per heavy atom. The molecule has 0 aromatic heterocycles. The lowest BCUT2D eigenvalue weighted by molar-refractivity contribution is -0.282. The fraction of sp³-hybridized carbons (Fsp3) is 0.478. The lowest BCUT2D eigenvalue weighted by Crippen LogP contribution is -2.64. The lowest BCUT2D eigenvalue weighted by Gasteiger charge is -2.43. The maximum atomic E-state index is 12.5. The lowest BCUT2D eigenvalue weighted by atomic mass is 9.97. The normalized spacial score (nSPS) is 23.3. The van der Waals surface area contributed by atoms with Crippen LogP contribution in [0.1, 0.15) is 26.3 Å². The summed E-state index contributed by atoms with van der Waals surface area (Å²) in [7, 11) is 1.08. The molecule has 0 aliphatic carbocycles. The zero-order chi connectivity index (χ0) is 26.1. The summed E-state index contributed by atoms with van der Waals surface area (Å²) in [4.78, 5) is 47.9. The number of rotatable bonds is 9. The molecule has 1 aromatic carbocycles. The molecule has 12 nitrogen and oxygen atoms in total. The van der Waals surface area contributed by atoms with Crippen LogP contribution in [0.15, 0.2) is 18.2 Å². The minimum absolute atomic E-state index is 0.0878. The highest BCUT2D eigenvalue weighted by atomic mass is 16.7. The second-order valence-corrected chi connectivity index (χ2v) is 7.21. The van der Waals surface area contributed by atoms with Crippen molar-refractivity contribution in [3.05, 3.63) is 23.8 Å². The number of carbonyl (C=O) groups is 4. The molecular formula is C23H26O12. The average Bonchev–Trinajstić information content (AvgIpc) is 2.79. The number of aliphatic hydroxyl groups excluding tert-OH is 1. The summed E-state index contributed by atoms with van der Waals surface area (Å²) in [5.74, 6) is -0.777. The first-order chi connectivity index (χ1) is 16.6. The van der Waals surface area contributed by atoms with E-state index in [0.717, 1.165) is 27.9 Å². The number of ether oxygens (including phenoxy) is 7. The Morgan fingerprint density at radius 2 is 1.60 bits per heavy atom. The Labute approximate surface area is 201 Å². The van der Waals surface area contributed by atoms with Crippen LogP contribution in [0, 0.1) is 12.3 Å². The van der Waals surface area contributed by atoms with Crippen LogP contribution in [0.5, 0.6) is 11.5 Å². The van der Waals surface area contributed by atoms with Crippen LogP contribution in [0.2, 0.25) is 0 Å². The molecule has 2 rings (SSSR count). The van der Waals surface area contributed by atoms with E-state index in [1.807, 2.05) is 0 Å². The van der Waals surface area contributed by atoms with Gasteiger partial charge in [-0.3, -0.25) is 14.4 Å². The van der Waals surface area contributed by atoms with Gasteiger partial charge in [-0.25, -0.2) is 4.79 Å². The molecule has 1 fully saturated rings. The molecule has 1 N–H and O–H groups in total. The molecular weight excluding hydrogens is 468 g/mol. The molecule has 1 saturated heterocycles. The SMILES string of the molecule is C#CCOc1cc(O[C@@H]2O[C@H](C(=O)OC)[C@@H](OC(C)=O)[C@H](OC(C)=O)[C@H]2OC(C)=O)ccc1CO. The highest BCUT2D eigenvalue weighted by Crippen LogP contribution is 2.33. The van der Waals surface area contributed by atoms with Crippen molar-refractivity contribution in [1.82, 2.24) is 0 Å². The molecule has 1 aliphatic heterocycles. The van der Waals surface area contributed by atoms with Crippen LogP contribution >= 0.6 is 0 Å². The van der Waals surface area contributed by atoms with Gasteiger partial charge in [0.2, 0.25) is 12.4 Å². The van der Waals surface area contributed by atoms with Gasteiger partial charge in [-0.2, -0.15) is 0 Å². The van der Waals surface area contributed by atoms with E-state index < -0.39 is 54.6 Å². The number of benzene rings is 1. The second kappa shape index (κ2) is 12.6. The summed E-state index contributed by atoms with van der Waals surface area (Å²) >= 11 is 0. The van der Waals surface area contributed by atoms with E-state index in [0.29, 0.717) is 5.56 Å². The van der Waals surface area contributed by atoms with Gasteiger partial charge in [0, 0.05) is 32.4 Å². The fourth-order valence-corrected chi connectivity index (χ4v) is 3.30. The Balaban J connectivity index is 2.51. The van der Waals surface area contributed by atoms with E-state index in [-0.39, 0.29) is 24.7 Å². The first-order valence-electron chi connectivity index (χ1n) is 10.3. The topological polar surface area (TPSA) is 153 Å². The molecule has 0 spiro atoms. The molecule has 1 aliphatic rings. The molecule has 0 unspecified atom stereocenters. The largest absolute Gasteiger partial charge is 0.480 e. The predicted octanol–water partition coefficient (Wildman–Crippen LogP) is 0.263. The van der Waals surface area contributed by atoms with Gasteiger partial charge in [-0.05, 0) is 12.1 Å². The first-order valence-corrected chi connectivity index (χ1v) is 10.3. The highest BCUT2D eigenvalue weighted by Gasteiger charge is 2.55. The van der Waals surface area contributed by atoms with Gasteiger partial charge in [0.25, 0.3) is 0 Å². The molecule has 5 atom stereocenters. The maximum Gasteiger partial charge on any atom is 0.339 e. The van der Waals surface area contributed by atoms with Crippen molar-refractivity contribution in [1.29, 1.82) is 0 Å². The smallest absolute Gasteiger partial charge is 0.339 e. The zero-order valence-electron chi connectivity index (χ0n) is 19.5. The quantitative estimate of drug-likeness (QED) is 0.285. The highest BCUT2D eigenvalue weighted by molar-refractivity contribution is 5.77. The van der Waals surface area contributed by atoms with E-state index in [1.54, 1.807) is 0 Å². The molecule has 35 heavy (non-hydrogen) atoms. The summed E-state index contributed by atoms with van der Waals surface area (Å²) < 4.78 is 37.4. The molecule has 0 bridgehead atoms. The van der Waals surface area contributed by atoms with E-state index in [2.05, 4.69) is 5.92 Å². The molecule has 12 heteroatoms. The molecule has 1 aromatic rings. The third kappa shape index (κ3) is 7.33. The number of esters is 4. The number of aliphatic hydroxyl groups is 1. The van der Waals surface area contributed by atoms with Crippen molar-refractivity contribution in [2.24, 2.45) is 0 Å². The van der Waals surface area contributed by atoms with Gasteiger partial charge in [-0.1, -0.05) is 5.92 Å². The molecule has 0 saturated carbocycles. The van der Waals surface area contributed by atoms with Gasteiger partial charge in [0.05, 0.1) is 13.7 Å². The minimum atomic E-state index is -1.60. The summed E-state index contributed by atoms with van der Waals surface area (Å²) in [5.41, 5.74) is 0.411. The fourth-order valence-electron chi connectivity index (χ4n) is 3.30. The monoisotopic (exact) mass is 494 g/mol. The standard InChI is InChI=1S/C23H26O12/c1-6-9-30-17-10-16(8-7-15(17)11-24)34-23-21(33-14(4)27)19(32-13(3)26)18(31-12(2)25)20(35-23)22(28)29-5/h1,7-8,10,18-21,23-24H,9,11H2,2-5H3/t18-,19-,20-,21+,23+/m0/s1. The van der Waals surface area contributed by atoms with Gasteiger partial charge in [-0.15, -0.1) is 6.42 Å². The van der Waals surface area contributed by atoms with E-state index in [4.69, 9.17) is 39.6 Å². The van der Waals surface area contributed by atoms with Crippen LogP contribution in [-0.2, 0) is 49.5 Å². The van der Waals surface area contributed by atoms with Crippen LogP contribution < -0.4 is 9.47 Å². The molecule has 0 amide bonds. The Morgan fingerprint density at radius 3 is 2.14 bits per heavy atom. The molecule has 0 radical (unpaired) electrons. The Kier molecular flexibility index (Phi) is 9.86. The van der Waals surface area contributed by atoms with Gasteiger partial charge in [0.15, 0.2) is 18.3 Å². The van der Waals surface area contributed by atoms with Crippen molar-refractivity contribution < 1.29 is 57.4 Å². The number of methoxy groups -OCH3 is 1. The summed E-state index contributed by atoms with van der Waals surface area (Å²) in [6.07, 6.45) is -2.37. The number of carbonyl (C=O) groups excluding carboxylic acids is 4. The first kappa shape index (κ1) is 27.4. The molecule has 1 heterocycles. The summed E-state index contributed by atoms with van der Waals surface area (Å²) in [6.45, 7) is 2.81. The van der Waals surface area contributed by atoms with Crippen molar-refractivity contribution in [3.8, 4) is 23.8 Å². The maximum absolute atomic E-state index is 12.5. The van der Waals surface area contributed by atoms with Crippen molar-refractivity contribution in [2.75, 3.05) is 13.7 Å². The Bertz CT molecular complexity index is 981. The summed E-state index contributed by atoms with van der Waals surface area (Å²) in [6, 6.07) is 4.34. The van der Waals surface area contributed by atoms with Gasteiger partial charge in [0.1, 0.15) is 18.1 Å². The summed E-state index contributed by atoms with van der Waals surface area (Å²) in [5, 5.41) is 9.52. The average molecular weight is 494 g/mol. The van der Waals surface area contributed by atoms with E-state index in [9.17, 15) is 24.3 Å². The molecule has 190 valence electrons. The zero-order valence-corrected chi connectivity index (χ0v) is 19.5. The third-order valence-corrected chi connectivity index (χ3v) is 4.61. The van der Waals surface area contributed by atoms with Crippen LogP contribution in [0.3, 0.4) is 0 Å². The van der Waals surface area contributed by atoms with Crippen molar-refractivity contribution in [2.45, 2.75) is 58.1 Å². The Hall–Kier alpha value is -3.82. The van der Waals surface area contributed by atoms with Crippen LogP contribution in [0.4, 0.5) is 0 Å². The number of hydrogen-bond acceptors (Lipinski definition) is 12. The van der Waals surface area contributed by atoms with Crippen LogP contribution in [0.25, 0.3) is 0 Å². The third-order valence-electron chi connectivity index (χ3n) is 4.61. The second-order valence-electron chi connectivity index (χ2n) is 7.21. The predicted molar refractivity (Wildman–Crippen MR) is 115 cm³/mol.